The highest BCUT2D eigenvalue weighted by atomic mass is 32.2. The molecule has 0 bridgehead atoms. The normalized spacial score (nSPS) is 14.1. The lowest BCUT2D eigenvalue weighted by molar-refractivity contribution is -0.115. The number of benzene rings is 1. The van der Waals surface area contributed by atoms with E-state index < -0.39 is 16.6 Å². The van der Waals surface area contributed by atoms with Crippen LogP contribution in [0.5, 0.6) is 0 Å². The Labute approximate surface area is 121 Å². The van der Waals surface area contributed by atoms with Crippen LogP contribution >= 0.6 is 0 Å². The van der Waals surface area contributed by atoms with Gasteiger partial charge in [0.05, 0.1) is 5.69 Å². The summed E-state index contributed by atoms with van der Waals surface area (Å²) in [7, 11) is -1.06. The monoisotopic (exact) mass is 300 g/mol. The van der Waals surface area contributed by atoms with Gasteiger partial charge < -0.3 is 11.1 Å². The first kappa shape index (κ1) is 16.6. The summed E-state index contributed by atoms with van der Waals surface area (Å²) >= 11 is 0. The third kappa shape index (κ3) is 4.92. The summed E-state index contributed by atoms with van der Waals surface area (Å²) in [5, 5.41) is 2.48. The molecule has 1 rings (SSSR count). The van der Waals surface area contributed by atoms with Gasteiger partial charge in [-0.05, 0) is 24.1 Å². The number of rotatable bonds is 6. The van der Waals surface area contributed by atoms with Crippen molar-refractivity contribution in [1.29, 1.82) is 0 Å². The third-order valence-corrected chi connectivity index (χ3v) is 5.13. The van der Waals surface area contributed by atoms with Crippen molar-refractivity contribution in [3.63, 3.8) is 0 Å². The van der Waals surface area contributed by atoms with Crippen LogP contribution in [0.3, 0.4) is 0 Å². The Hall–Kier alpha value is -1.43. The van der Waals surface area contributed by atoms with Gasteiger partial charge in [0.25, 0.3) is 0 Å². The predicted octanol–water partition coefficient (Wildman–Crippen LogP) is 2.53. The third-order valence-electron chi connectivity index (χ3n) is 3.15. The molecule has 6 heteroatoms. The fraction of sp³-hybridized carbons (Fsp3) is 0.500. The van der Waals surface area contributed by atoms with Gasteiger partial charge in [0, 0.05) is 33.9 Å². The van der Waals surface area contributed by atoms with Gasteiger partial charge in [-0.2, -0.15) is 0 Å². The Morgan fingerprint density at radius 1 is 1.40 bits per heavy atom. The van der Waals surface area contributed by atoms with Crippen molar-refractivity contribution in [3.05, 3.63) is 24.0 Å². The molecule has 1 amide bonds. The lowest BCUT2D eigenvalue weighted by Crippen LogP contribution is -2.23. The second-order valence-corrected chi connectivity index (χ2v) is 6.98. The lowest BCUT2D eigenvalue weighted by Gasteiger charge is -2.14. The number of nitrogens with two attached hydrogens (primary N) is 1. The summed E-state index contributed by atoms with van der Waals surface area (Å²) in [5.41, 5.74) is 5.96. The highest BCUT2D eigenvalue weighted by Crippen LogP contribution is 2.17. The number of anilines is 2. The molecule has 0 saturated carbocycles. The molecule has 3 N–H and O–H groups in total. The van der Waals surface area contributed by atoms with Crippen molar-refractivity contribution in [2.24, 2.45) is 5.92 Å². The predicted molar refractivity (Wildman–Crippen MR) is 81.4 cm³/mol. The summed E-state index contributed by atoms with van der Waals surface area (Å²) in [5.74, 6) is -0.331. The van der Waals surface area contributed by atoms with Crippen LogP contribution in [0.25, 0.3) is 0 Å². The van der Waals surface area contributed by atoms with Crippen LogP contribution in [-0.4, -0.2) is 21.1 Å². The first-order valence-corrected chi connectivity index (χ1v) is 7.91. The smallest absolute Gasteiger partial charge is 0.225 e. The molecule has 1 aromatic rings. The fourth-order valence-electron chi connectivity index (χ4n) is 1.53. The number of nitrogens with one attached hydrogen (secondary N) is 1. The summed E-state index contributed by atoms with van der Waals surface area (Å²) in [6.45, 7) is 5.88. The molecule has 0 aromatic heterocycles. The number of nitrogen functional groups attached to an aromatic ring is 1. The quantitative estimate of drug-likeness (QED) is 0.793. The van der Waals surface area contributed by atoms with E-state index in [1.54, 1.807) is 0 Å². The van der Waals surface area contributed by atoms with Crippen molar-refractivity contribution in [3.8, 4) is 0 Å². The molecule has 0 saturated heterocycles. The fourth-order valence-corrected chi connectivity index (χ4v) is 2.90. The van der Waals surface area contributed by atoms with Crippen LogP contribution in [0.15, 0.2) is 18.2 Å². The summed E-state index contributed by atoms with van der Waals surface area (Å²) in [4.78, 5) is 11.7. The average molecular weight is 300 g/mol. The summed E-state index contributed by atoms with van der Waals surface area (Å²) < 4.78 is 25.3. The van der Waals surface area contributed by atoms with Crippen LogP contribution in [0.1, 0.15) is 27.2 Å². The topological polar surface area (TPSA) is 72.2 Å². The van der Waals surface area contributed by atoms with Gasteiger partial charge in [0.2, 0.25) is 5.91 Å². The summed E-state index contributed by atoms with van der Waals surface area (Å²) in [6, 6.07) is 3.98. The first-order valence-electron chi connectivity index (χ1n) is 6.53. The van der Waals surface area contributed by atoms with E-state index in [1.807, 2.05) is 20.8 Å². The molecule has 0 heterocycles. The lowest BCUT2D eigenvalue weighted by atomic mass is 10.2. The van der Waals surface area contributed by atoms with Crippen molar-refractivity contribution in [2.75, 3.05) is 16.8 Å². The molecular weight excluding hydrogens is 279 g/mol. The van der Waals surface area contributed by atoms with Crippen LogP contribution < -0.4 is 11.1 Å². The Balaban J connectivity index is 2.52. The Bertz CT molecular complexity index is 506. The van der Waals surface area contributed by atoms with E-state index in [4.69, 9.17) is 5.73 Å². The van der Waals surface area contributed by atoms with Crippen molar-refractivity contribution in [1.82, 2.24) is 0 Å². The minimum atomic E-state index is -1.06. The Morgan fingerprint density at radius 2 is 2.05 bits per heavy atom. The van der Waals surface area contributed by atoms with Crippen LogP contribution in [0, 0.1) is 11.7 Å². The van der Waals surface area contributed by atoms with E-state index in [0.717, 1.165) is 0 Å². The number of halogens is 1. The van der Waals surface area contributed by atoms with E-state index in [9.17, 15) is 13.4 Å². The number of carbonyl (C=O) groups excluding carboxylic acids is 1. The molecule has 0 spiro atoms. The van der Waals surface area contributed by atoms with E-state index in [1.165, 1.54) is 18.2 Å². The van der Waals surface area contributed by atoms with E-state index in [-0.39, 0.29) is 29.0 Å². The maximum absolute atomic E-state index is 13.4. The van der Waals surface area contributed by atoms with Gasteiger partial charge >= 0.3 is 0 Å². The zero-order valence-electron chi connectivity index (χ0n) is 12.0. The highest BCUT2D eigenvalue weighted by Gasteiger charge is 2.16. The van der Waals surface area contributed by atoms with Gasteiger partial charge in [-0.3, -0.25) is 9.00 Å². The first-order chi connectivity index (χ1) is 9.31. The molecular formula is C14H21FN2O2S. The van der Waals surface area contributed by atoms with Gasteiger partial charge in [-0.25, -0.2) is 4.39 Å². The Morgan fingerprint density at radius 3 is 2.65 bits per heavy atom. The van der Waals surface area contributed by atoms with Crippen LogP contribution in [-0.2, 0) is 15.6 Å². The van der Waals surface area contributed by atoms with E-state index in [2.05, 4.69) is 5.32 Å². The molecule has 2 unspecified atom stereocenters. The zero-order chi connectivity index (χ0) is 15.3. The van der Waals surface area contributed by atoms with Crippen molar-refractivity contribution in [2.45, 2.75) is 32.4 Å². The minimum absolute atomic E-state index is 0.0342. The van der Waals surface area contributed by atoms with Gasteiger partial charge in [0.1, 0.15) is 5.82 Å². The molecule has 4 nitrogen and oxygen atoms in total. The van der Waals surface area contributed by atoms with Crippen molar-refractivity contribution < 1.29 is 13.4 Å². The number of amides is 1. The maximum atomic E-state index is 13.4. The van der Waals surface area contributed by atoms with Gasteiger partial charge in [0.15, 0.2) is 0 Å². The maximum Gasteiger partial charge on any atom is 0.225 e. The highest BCUT2D eigenvalue weighted by molar-refractivity contribution is 7.85. The molecule has 0 radical (unpaired) electrons. The molecule has 1 aromatic carbocycles. The molecule has 0 aliphatic rings. The van der Waals surface area contributed by atoms with Gasteiger partial charge in [-0.15, -0.1) is 0 Å². The van der Waals surface area contributed by atoms with Crippen LogP contribution in [0.2, 0.25) is 0 Å². The standard InChI is InChI=1S/C14H21FN2O2S/c1-9(2)10(3)20(19)7-6-14(18)17-13-8-11(16)4-5-12(13)15/h4-5,8-10H,6-7,16H2,1-3H3,(H,17,18). The number of carbonyl (C=O) groups is 1. The second kappa shape index (κ2) is 7.38. The summed E-state index contributed by atoms with van der Waals surface area (Å²) in [6.07, 6.45) is 0.0951. The molecule has 2 atom stereocenters. The molecule has 0 aliphatic heterocycles. The number of hydrogen-bond donors (Lipinski definition) is 2. The number of hydrogen-bond acceptors (Lipinski definition) is 3. The van der Waals surface area contributed by atoms with Gasteiger partial charge in [-0.1, -0.05) is 20.8 Å². The van der Waals surface area contributed by atoms with E-state index in [0.29, 0.717) is 11.6 Å². The minimum Gasteiger partial charge on any atom is -0.399 e. The Kier molecular flexibility index (Phi) is 6.13. The average Bonchev–Trinajstić information content (AvgIpc) is 2.39. The van der Waals surface area contributed by atoms with Crippen molar-refractivity contribution >= 4 is 28.1 Å². The molecule has 20 heavy (non-hydrogen) atoms. The SMILES string of the molecule is CC(C)C(C)S(=O)CCC(=O)Nc1cc(N)ccc1F. The zero-order valence-corrected chi connectivity index (χ0v) is 12.8. The largest absolute Gasteiger partial charge is 0.399 e. The van der Waals surface area contributed by atoms with E-state index >= 15 is 0 Å². The van der Waals surface area contributed by atoms with Crippen LogP contribution in [0.4, 0.5) is 15.8 Å². The molecule has 0 aliphatic carbocycles. The molecule has 112 valence electrons. The second-order valence-electron chi connectivity index (χ2n) is 5.07. The molecule has 0 fully saturated rings.